The maximum atomic E-state index is 12.1. The standard InChI is InChI=1S/C16H15ClN4O3S/c17-12-1-6-15-11(9-12)10-19-21(15)8-7-16(22)20-13-2-4-14(5-3-13)25(18,23)24/h1-6,9-10H,7-8H2,(H,20,22)(H2,18,23,24). The van der Waals surface area contributed by atoms with Gasteiger partial charge in [0, 0.05) is 22.5 Å². The van der Waals surface area contributed by atoms with Crippen LogP contribution in [0.5, 0.6) is 0 Å². The Morgan fingerprint density at radius 3 is 2.60 bits per heavy atom. The van der Waals surface area contributed by atoms with Gasteiger partial charge >= 0.3 is 0 Å². The number of nitrogens with zero attached hydrogens (tertiary/aromatic N) is 2. The molecule has 0 aliphatic carbocycles. The van der Waals surface area contributed by atoms with Gasteiger partial charge in [0.15, 0.2) is 0 Å². The molecule has 1 heterocycles. The van der Waals surface area contributed by atoms with Gasteiger partial charge in [0.2, 0.25) is 15.9 Å². The highest BCUT2D eigenvalue weighted by molar-refractivity contribution is 7.89. The fourth-order valence-electron chi connectivity index (χ4n) is 2.40. The average Bonchev–Trinajstić information content (AvgIpc) is 2.94. The number of carbonyl (C=O) groups is 1. The summed E-state index contributed by atoms with van der Waals surface area (Å²) >= 11 is 5.94. The molecule has 0 unspecified atom stereocenters. The van der Waals surface area contributed by atoms with Gasteiger partial charge in [-0.15, -0.1) is 0 Å². The average molecular weight is 379 g/mol. The first kappa shape index (κ1) is 17.4. The molecule has 3 N–H and O–H groups in total. The third kappa shape index (κ3) is 4.16. The van der Waals surface area contributed by atoms with E-state index in [4.69, 9.17) is 16.7 Å². The van der Waals surface area contributed by atoms with Crippen LogP contribution in [0.1, 0.15) is 6.42 Å². The van der Waals surface area contributed by atoms with Gasteiger partial charge in [-0.2, -0.15) is 5.10 Å². The number of halogens is 1. The Hall–Kier alpha value is -2.42. The van der Waals surface area contributed by atoms with Crippen LogP contribution in [-0.4, -0.2) is 24.1 Å². The van der Waals surface area contributed by atoms with E-state index < -0.39 is 10.0 Å². The number of rotatable bonds is 5. The van der Waals surface area contributed by atoms with E-state index in [9.17, 15) is 13.2 Å². The predicted octanol–water partition coefficient (Wildman–Crippen LogP) is 2.37. The van der Waals surface area contributed by atoms with Gasteiger partial charge in [-0.1, -0.05) is 11.6 Å². The van der Waals surface area contributed by atoms with Crippen molar-refractivity contribution < 1.29 is 13.2 Å². The molecule has 0 radical (unpaired) electrons. The van der Waals surface area contributed by atoms with Crippen molar-refractivity contribution in [3.8, 4) is 0 Å². The van der Waals surface area contributed by atoms with Crippen LogP contribution in [-0.2, 0) is 21.4 Å². The van der Waals surface area contributed by atoms with Gasteiger partial charge in [-0.05, 0) is 42.5 Å². The number of nitrogens with one attached hydrogen (secondary N) is 1. The van der Waals surface area contributed by atoms with Crippen LogP contribution in [0.4, 0.5) is 5.69 Å². The number of hydrogen-bond donors (Lipinski definition) is 2. The van der Waals surface area contributed by atoms with E-state index in [1.54, 1.807) is 16.9 Å². The number of sulfonamides is 1. The highest BCUT2D eigenvalue weighted by Gasteiger charge is 2.09. The Balaban J connectivity index is 1.62. The number of benzene rings is 2. The second-order valence-corrected chi connectivity index (χ2v) is 7.44. The van der Waals surface area contributed by atoms with Crippen molar-refractivity contribution in [3.05, 3.63) is 53.7 Å². The minimum Gasteiger partial charge on any atom is -0.326 e. The second-order valence-electron chi connectivity index (χ2n) is 5.44. The van der Waals surface area contributed by atoms with Gasteiger partial charge in [0.1, 0.15) is 0 Å². The van der Waals surface area contributed by atoms with Crippen LogP contribution >= 0.6 is 11.6 Å². The summed E-state index contributed by atoms with van der Waals surface area (Å²) in [5.74, 6) is -0.207. The van der Waals surface area contributed by atoms with Crippen molar-refractivity contribution in [2.45, 2.75) is 17.9 Å². The molecule has 2 aromatic carbocycles. The third-order valence-electron chi connectivity index (χ3n) is 3.62. The van der Waals surface area contributed by atoms with Gasteiger partial charge in [-0.3, -0.25) is 9.48 Å². The molecule has 25 heavy (non-hydrogen) atoms. The van der Waals surface area contributed by atoms with E-state index in [2.05, 4.69) is 10.4 Å². The summed E-state index contributed by atoms with van der Waals surface area (Å²) in [6.07, 6.45) is 1.92. The fraction of sp³-hybridized carbons (Fsp3) is 0.125. The second kappa shape index (κ2) is 6.83. The van der Waals surface area contributed by atoms with Crippen LogP contribution < -0.4 is 10.5 Å². The number of aryl methyl sites for hydroxylation is 1. The molecule has 130 valence electrons. The summed E-state index contributed by atoms with van der Waals surface area (Å²) in [5.41, 5.74) is 1.39. The summed E-state index contributed by atoms with van der Waals surface area (Å²) in [5, 5.41) is 13.5. The zero-order valence-electron chi connectivity index (χ0n) is 13.0. The first-order valence-electron chi connectivity index (χ1n) is 7.37. The Kier molecular flexibility index (Phi) is 4.76. The normalized spacial score (nSPS) is 11.6. The lowest BCUT2D eigenvalue weighted by atomic mass is 10.2. The molecular weight excluding hydrogens is 364 g/mol. The first-order valence-corrected chi connectivity index (χ1v) is 9.29. The Morgan fingerprint density at radius 1 is 1.20 bits per heavy atom. The van der Waals surface area contributed by atoms with E-state index in [0.29, 0.717) is 17.3 Å². The minimum absolute atomic E-state index is 0.00725. The number of primary sulfonamides is 1. The van der Waals surface area contributed by atoms with Gasteiger partial charge in [0.25, 0.3) is 0 Å². The number of anilines is 1. The van der Waals surface area contributed by atoms with E-state index in [1.807, 2.05) is 12.1 Å². The van der Waals surface area contributed by atoms with E-state index in [1.165, 1.54) is 24.3 Å². The molecule has 0 saturated carbocycles. The molecule has 1 amide bonds. The van der Waals surface area contributed by atoms with Crippen molar-refractivity contribution in [3.63, 3.8) is 0 Å². The number of nitrogens with two attached hydrogens (primary N) is 1. The summed E-state index contributed by atoms with van der Waals surface area (Å²) in [4.78, 5) is 12.1. The van der Waals surface area contributed by atoms with Crippen LogP contribution in [0.25, 0.3) is 10.9 Å². The maximum absolute atomic E-state index is 12.1. The van der Waals surface area contributed by atoms with Crippen LogP contribution in [0.3, 0.4) is 0 Å². The highest BCUT2D eigenvalue weighted by atomic mass is 35.5. The Bertz CT molecular complexity index is 1030. The maximum Gasteiger partial charge on any atom is 0.238 e. The van der Waals surface area contributed by atoms with Gasteiger partial charge < -0.3 is 5.32 Å². The topological polar surface area (TPSA) is 107 Å². The van der Waals surface area contributed by atoms with Crippen molar-refractivity contribution in [2.75, 3.05) is 5.32 Å². The molecule has 7 nitrogen and oxygen atoms in total. The number of fused-ring (bicyclic) bond motifs is 1. The molecular formula is C16H15ClN4O3S. The summed E-state index contributed by atoms with van der Waals surface area (Å²) < 4.78 is 24.1. The molecule has 0 atom stereocenters. The van der Waals surface area contributed by atoms with Crippen molar-refractivity contribution in [2.24, 2.45) is 5.14 Å². The molecule has 3 rings (SSSR count). The first-order chi connectivity index (χ1) is 11.8. The largest absolute Gasteiger partial charge is 0.326 e. The Morgan fingerprint density at radius 2 is 1.92 bits per heavy atom. The zero-order valence-corrected chi connectivity index (χ0v) is 14.6. The van der Waals surface area contributed by atoms with Crippen molar-refractivity contribution >= 4 is 44.1 Å². The minimum atomic E-state index is -3.75. The molecule has 3 aromatic rings. The number of carbonyl (C=O) groups excluding carboxylic acids is 1. The molecule has 0 aliphatic rings. The summed E-state index contributed by atoms with van der Waals surface area (Å²) in [6, 6.07) is 11.1. The zero-order chi connectivity index (χ0) is 18.0. The summed E-state index contributed by atoms with van der Waals surface area (Å²) in [6.45, 7) is 0.409. The molecule has 0 aliphatic heterocycles. The lowest BCUT2D eigenvalue weighted by Crippen LogP contribution is -2.15. The number of hydrogen-bond acceptors (Lipinski definition) is 4. The Labute approximate surface area is 149 Å². The van der Waals surface area contributed by atoms with Crippen LogP contribution in [0.2, 0.25) is 5.02 Å². The lowest BCUT2D eigenvalue weighted by molar-refractivity contribution is -0.116. The third-order valence-corrected chi connectivity index (χ3v) is 4.79. The quantitative estimate of drug-likeness (QED) is 0.710. The predicted molar refractivity (Wildman–Crippen MR) is 95.8 cm³/mol. The summed E-state index contributed by atoms with van der Waals surface area (Å²) in [7, 11) is -3.75. The molecule has 0 bridgehead atoms. The lowest BCUT2D eigenvalue weighted by Gasteiger charge is -2.07. The van der Waals surface area contributed by atoms with E-state index in [0.717, 1.165) is 10.9 Å². The van der Waals surface area contributed by atoms with Gasteiger partial charge in [-0.25, -0.2) is 13.6 Å². The van der Waals surface area contributed by atoms with Crippen LogP contribution in [0.15, 0.2) is 53.6 Å². The molecule has 0 spiro atoms. The van der Waals surface area contributed by atoms with E-state index >= 15 is 0 Å². The molecule has 9 heteroatoms. The molecule has 0 saturated heterocycles. The highest BCUT2D eigenvalue weighted by Crippen LogP contribution is 2.19. The van der Waals surface area contributed by atoms with Crippen molar-refractivity contribution in [1.82, 2.24) is 9.78 Å². The monoisotopic (exact) mass is 378 g/mol. The van der Waals surface area contributed by atoms with E-state index in [-0.39, 0.29) is 17.2 Å². The van der Waals surface area contributed by atoms with Crippen LogP contribution in [0, 0.1) is 0 Å². The van der Waals surface area contributed by atoms with Gasteiger partial charge in [0.05, 0.1) is 23.2 Å². The number of aromatic nitrogens is 2. The molecule has 0 fully saturated rings. The fourth-order valence-corrected chi connectivity index (χ4v) is 3.09. The van der Waals surface area contributed by atoms with Crippen molar-refractivity contribution in [1.29, 1.82) is 0 Å². The SMILES string of the molecule is NS(=O)(=O)c1ccc(NC(=O)CCn2ncc3cc(Cl)ccc32)cc1. The number of amides is 1. The molecule has 1 aromatic heterocycles. The smallest absolute Gasteiger partial charge is 0.238 e.